The number of nitrogens with zero attached hydrogens (tertiary/aromatic N) is 2. The van der Waals surface area contributed by atoms with Crippen molar-refractivity contribution < 1.29 is 0 Å². The van der Waals surface area contributed by atoms with Gasteiger partial charge in [-0.25, -0.2) is 0 Å². The third-order valence-electron chi connectivity index (χ3n) is 1.66. The zero-order valence-electron chi connectivity index (χ0n) is 7.12. The van der Waals surface area contributed by atoms with Gasteiger partial charge in [-0.2, -0.15) is 5.10 Å². The standard InChI is InChI=1S/C8H15N3/c1-7(3-9)5-11-6-8(2)4-10-11/h4,6-7H,3,5,9H2,1-2H3. The maximum atomic E-state index is 5.49. The fourth-order valence-corrected chi connectivity index (χ4v) is 0.961. The van der Waals surface area contributed by atoms with E-state index in [0.29, 0.717) is 5.92 Å². The highest BCUT2D eigenvalue weighted by molar-refractivity contribution is 4.99. The van der Waals surface area contributed by atoms with E-state index in [1.165, 1.54) is 5.56 Å². The van der Waals surface area contributed by atoms with E-state index in [0.717, 1.165) is 13.1 Å². The van der Waals surface area contributed by atoms with Gasteiger partial charge in [0.25, 0.3) is 0 Å². The molecule has 3 heteroatoms. The molecule has 0 fully saturated rings. The Hall–Kier alpha value is -0.830. The number of aromatic nitrogens is 2. The molecule has 1 unspecified atom stereocenters. The smallest absolute Gasteiger partial charge is 0.0518 e. The number of hydrogen-bond donors (Lipinski definition) is 1. The summed E-state index contributed by atoms with van der Waals surface area (Å²) in [5, 5.41) is 4.16. The monoisotopic (exact) mass is 153 g/mol. The molecule has 0 saturated carbocycles. The molecule has 0 aliphatic carbocycles. The summed E-state index contributed by atoms with van der Waals surface area (Å²) in [4.78, 5) is 0. The summed E-state index contributed by atoms with van der Waals surface area (Å²) in [7, 11) is 0. The molecular weight excluding hydrogens is 138 g/mol. The SMILES string of the molecule is Cc1cnn(CC(C)CN)c1. The summed E-state index contributed by atoms with van der Waals surface area (Å²) in [6.07, 6.45) is 3.90. The first-order chi connectivity index (χ1) is 5.22. The lowest BCUT2D eigenvalue weighted by molar-refractivity contribution is 0.458. The summed E-state index contributed by atoms with van der Waals surface area (Å²) in [6, 6.07) is 0. The molecule has 0 aliphatic rings. The van der Waals surface area contributed by atoms with E-state index in [9.17, 15) is 0 Å². The fraction of sp³-hybridized carbons (Fsp3) is 0.625. The molecule has 0 spiro atoms. The maximum Gasteiger partial charge on any atom is 0.0518 e. The number of rotatable bonds is 3. The number of hydrogen-bond acceptors (Lipinski definition) is 2. The normalized spacial score (nSPS) is 13.4. The van der Waals surface area contributed by atoms with Gasteiger partial charge in [0.05, 0.1) is 6.20 Å². The van der Waals surface area contributed by atoms with E-state index >= 15 is 0 Å². The molecule has 0 radical (unpaired) electrons. The second-order valence-electron chi connectivity index (χ2n) is 3.08. The van der Waals surface area contributed by atoms with E-state index in [4.69, 9.17) is 5.73 Å². The largest absolute Gasteiger partial charge is 0.330 e. The zero-order chi connectivity index (χ0) is 8.27. The van der Waals surface area contributed by atoms with Crippen LogP contribution in [0.2, 0.25) is 0 Å². The van der Waals surface area contributed by atoms with Crippen molar-refractivity contribution >= 4 is 0 Å². The highest BCUT2D eigenvalue weighted by Crippen LogP contribution is 1.99. The number of aryl methyl sites for hydroxylation is 1. The van der Waals surface area contributed by atoms with Gasteiger partial charge in [-0.15, -0.1) is 0 Å². The predicted molar refractivity (Wildman–Crippen MR) is 45.2 cm³/mol. The Bertz CT molecular complexity index is 217. The molecule has 2 N–H and O–H groups in total. The fourth-order valence-electron chi connectivity index (χ4n) is 0.961. The Morgan fingerprint density at radius 1 is 1.73 bits per heavy atom. The van der Waals surface area contributed by atoms with Crippen LogP contribution in [0.5, 0.6) is 0 Å². The summed E-state index contributed by atoms with van der Waals surface area (Å²) < 4.78 is 1.94. The minimum Gasteiger partial charge on any atom is -0.330 e. The van der Waals surface area contributed by atoms with Crippen LogP contribution in [0.15, 0.2) is 12.4 Å². The van der Waals surface area contributed by atoms with Gasteiger partial charge in [-0.1, -0.05) is 6.92 Å². The minimum atomic E-state index is 0.509. The summed E-state index contributed by atoms with van der Waals surface area (Å²) >= 11 is 0. The predicted octanol–water partition coefficient (Wildman–Crippen LogP) is 0.786. The van der Waals surface area contributed by atoms with E-state index in [1.807, 2.05) is 24.0 Å². The van der Waals surface area contributed by atoms with Crippen LogP contribution in [0.4, 0.5) is 0 Å². The highest BCUT2D eigenvalue weighted by atomic mass is 15.3. The Morgan fingerprint density at radius 3 is 2.91 bits per heavy atom. The van der Waals surface area contributed by atoms with Gasteiger partial charge in [-0.05, 0) is 24.9 Å². The summed E-state index contributed by atoms with van der Waals surface area (Å²) in [6.45, 7) is 5.80. The van der Waals surface area contributed by atoms with Crippen LogP contribution in [0.25, 0.3) is 0 Å². The highest BCUT2D eigenvalue weighted by Gasteiger charge is 2.00. The first-order valence-electron chi connectivity index (χ1n) is 3.91. The zero-order valence-corrected chi connectivity index (χ0v) is 7.12. The van der Waals surface area contributed by atoms with E-state index in [1.54, 1.807) is 0 Å². The average Bonchev–Trinajstić information content (AvgIpc) is 2.35. The quantitative estimate of drug-likeness (QED) is 0.697. The van der Waals surface area contributed by atoms with Crippen molar-refractivity contribution in [3.05, 3.63) is 18.0 Å². The molecule has 0 aromatic carbocycles. The molecule has 0 bridgehead atoms. The van der Waals surface area contributed by atoms with Gasteiger partial charge in [0.15, 0.2) is 0 Å². The van der Waals surface area contributed by atoms with Crippen LogP contribution >= 0.6 is 0 Å². The summed E-state index contributed by atoms with van der Waals surface area (Å²) in [5.41, 5.74) is 6.69. The molecule has 11 heavy (non-hydrogen) atoms. The lowest BCUT2D eigenvalue weighted by Crippen LogP contribution is -2.17. The Labute approximate surface area is 67.2 Å². The van der Waals surface area contributed by atoms with Crippen molar-refractivity contribution in [1.82, 2.24) is 9.78 Å². The van der Waals surface area contributed by atoms with Crippen LogP contribution in [-0.2, 0) is 6.54 Å². The van der Waals surface area contributed by atoms with Gasteiger partial charge >= 0.3 is 0 Å². The molecule has 1 heterocycles. The third kappa shape index (κ3) is 2.35. The molecule has 1 aromatic rings. The maximum absolute atomic E-state index is 5.49. The van der Waals surface area contributed by atoms with Crippen LogP contribution in [0, 0.1) is 12.8 Å². The lowest BCUT2D eigenvalue weighted by Gasteiger charge is -2.06. The number of nitrogens with two attached hydrogens (primary N) is 1. The molecule has 1 rings (SSSR count). The molecule has 0 saturated heterocycles. The van der Waals surface area contributed by atoms with Crippen molar-refractivity contribution in [1.29, 1.82) is 0 Å². The Morgan fingerprint density at radius 2 is 2.45 bits per heavy atom. The first kappa shape index (κ1) is 8.27. The first-order valence-corrected chi connectivity index (χ1v) is 3.91. The van der Waals surface area contributed by atoms with Crippen LogP contribution in [0.1, 0.15) is 12.5 Å². The van der Waals surface area contributed by atoms with E-state index in [-0.39, 0.29) is 0 Å². The van der Waals surface area contributed by atoms with Gasteiger partial charge < -0.3 is 5.73 Å². The van der Waals surface area contributed by atoms with E-state index < -0.39 is 0 Å². The summed E-state index contributed by atoms with van der Waals surface area (Å²) in [5.74, 6) is 0.509. The van der Waals surface area contributed by atoms with Gasteiger partial charge in [0.2, 0.25) is 0 Å². The third-order valence-corrected chi connectivity index (χ3v) is 1.66. The van der Waals surface area contributed by atoms with Crippen molar-refractivity contribution in [2.75, 3.05) is 6.54 Å². The molecule has 0 aliphatic heterocycles. The van der Waals surface area contributed by atoms with Crippen molar-refractivity contribution in [3.63, 3.8) is 0 Å². The molecular formula is C8H15N3. The lowest BCUT2D eigenvalue weighted by atomic mass is 10.2. The van der Waals surface area contributed by atoms with Crippen LogP contribution < -0.4 is 5.73 Å². The van der Waals surface area contributed by atoms with Crippen molar-refractivity contribution in [2.45, 2.75) is 20.4 Å². The van der Waals surface area contributed by atoms with E-state index in [2.05, 4.69) is 12.0 Å². The Balaban J connectivity index is 2.50. The molecule has 3 nitrogen and oxygen atoms in total. The van der Waals surface area contributed by atoms with Crippen molar-refractivity contribution in [3.8, 4) is 0 Å². The van der Waals surface area contributed by atoms with Crippen molar-refractivity contribution in [2.24, 2.45) is 11.7 Å². The topological polar surface area (TPSA) is 43.8 Å². The molecule has 0 amide bonds. The van der Waals surface area contributed by atoms with Gasteiger partial charge in [-0.3, -0.25) is 4.68 Å². The van der Waals surface area contributed by atoms with Gasteiger partial charge in [0, 0.05) is 12.7 Å². The molecule has 1 atom stereocenters. The van der Waals surface area contributed by atoms with Crippen LogP contribution in [-0.4, -0.2) is 16.3 Å². The van der Waals surface area contributed by atoms with Crippen LogP contribution in [0.3, 0.4) is 0 Å². The second-order valence-corrected chi connectivity index (χ2v) is 3.08. The average molecular weight is 153 g/mol. The minimum absolute atomic E-state index is 0.509. The van der Waals surface area contributed by atoms with Gasteiger partial charge in [0.1, 0.15) is 0 Å². The molecule has 62 valence electrons. The second kappa shape index (κ2) is 3.53. The molecule has 1 aromatic heterocycles. The Kier molecular flexibility index (Phi) is 2.65.